The summed E-state index contributed by atoms with van der Waals surface area (Å²) in [5.41, 5.74) is 2.28. The zero-order valence-corrected chi connectivity index (χ0v) is 14.6. The number of carbonyl (C=O) groups is 2. The van der Waals surface area contributed by atoms with Crippen molar-refractivity contribution in [2.45, 2.75) is 19.9 Å². The van der Waals surface area contributed by atoms with Crippen LogP contribution in [0.4, 0.5) is 5.13 Å². The fraction of sp³-hybridized carbons (Fsp3) is 0.167. The van der Waals surface area contributed by atoms with E-state index < -0.39 is 6.04 Å². The average Bonchev–Trinajstić information content (AvgIpc) is 3.25. The van der Waals surface area contributed by atoms with E-state index in [-0.39, 0.29) is 11.8 Å². The first-order valence-corrected chi connectivity index (χ1v) is 8.53. The summed E-state index contributed by atoms with van der Waals surface area (Å²) in [6, 6.07) is 10.7. The molecule has 3 rings (SSSR count). The molecule has 2 aromatic heterocycles. The molecular weight excluding hydrogens is 338 g/mol. The van der Waals surface area contributed by atoms with E-state index in [4.69, 9.17) is 4.42 Å². The number of aryl methyl sites for hydroxylation is 1. The highest BCUT2D eigenvalue weighted by Gasteiger charge is 2.19. The first-order chi connectivity index (χ1) is 12.0. The SMILES string of the molecule is Cc1nc(NC(=O)[C@H](C)NC(=O)c2ccoc2)sc1-c1ccccc1. The number of rotatable bonds is 5. The zero-order chi connectivity index (χ0) is 17.8. The summed E-state index contributed by atoms with van der Waals surface area (Å²) in [6.45, 7) is 3.52. The number of amides is 2. The van der Waals surface area contributed by atoms with Crippen LogP contribution in [0.1, 0.15) is 23.0 Å². The number of hydrogen-bond acceptors (Lipinski definition) is 5. The van der Waals surface area contributed by atoms with Crippen molar-refractivity contribution in [1.29, 1.82) is 0 Å². The quantitative estimate of drug-likeness (QED) is 0.734. The Hall–Kier alpha value is -2.93. The highest BCUT2D eigenvalue weighted by Crippen LogP contribution is 2.32. The third kappa shape index (κ3) is 3.95. The Morgan fingerprint density at radius 1 is 1.20 bits per heavy atom. The van der Waals surface area contributed by atoms with Gasteiger partial charge in [-0.15, -0.1) is 0 Å². The standard InChI is InChI=1S/C18H17N3O3S/c1-11-15(13-6-4-3-5-7-13)25-18(20-11)21-16(22)12(2)19-17(23)14-8-9-24-10-14/h3-10,12H,1-2H3,(H,19,23)(H,20,21,22)/t12-/m0/s1. The Labute approximate surface area is 148 Å². The minimum Gasteiger partial charge on any atom is -0.472 e. The maximum absolute atomic E-state index is 12.3. The van der Waals surface area contributed by atoms with E-state index in [9.17, 15) is 9.59 Å². The predicted molar refractivity (Wildman–Crippen MR) is 96.6 cm³/mol. The Kier molecular flexibility index (Phi) is 4.95. The number of hydrogen-bond donors (Lipinski definition) is 2. The Morgan fingerprint density at radius 3 is 2.64 bits per heavy atom. The van der Waals surface area contributed by atoms with Crippen LogP contribution < -0.4 is 10.6 Å². The number of carbonyl (C=O) groups excluding carboxylic acids is 2. The van der Waals surface area contributed by atoms with E-state index in [0.717, 1.165) is 16.1 Å². The molecule has 0 aliphatic carbocycles. The van der Waals surface area contributed by atoms with Gasteiger partial charge in [0.25, 0.3) is 5.91 Å². The zero-order valence-electron chi connectivity index (χ0n) is 13.8. The molecule has 0 fully saturated rings. The number of furan rings is 1. The second-order valence-electron chi connectivity index (χ2n) is 5.50. The van der Waals surface area contributed by atoms with Gasteiger partial charge in [0.2, 0.25) is 5.91 Å². The van der Waals surface area contributed by atoms with Crippen LogP contribution in [0.15, 0.2) is 53.3 Å². The van der Waals surface area contributed by atoms with Crippen LogP contribution in [0.3, 0.4) is 0 Å². The van der Waals surface area contributed by atoms with Gasteiger partial charge in [-0.05, 0) is 25.5 Å². The highest BCUT2D eigenvalue weighted by molar-refractivity contribution is 7.19. The van der Waals surface area contributed by atoms with Crippen molar-refractivity contribution in [3.8, 4) is 10.4 Å². The first kappa shape index (κ1) is 16.9. The number of anilines is 1. The van der Waals surface area contributed by atoms with Crippen LogP contribution in [-0.2, 0) is 4.79 Å². The molecule has 2 amide bonds. The summed E-state index contributed by atoms with van der Waals surface area (Å²) in [4.78, 5) is 29.6. The van der Waals surface area contributed by atoms with E-state index in [1.54, 1.807) is 6.92 Å². The maximum atomic E-state index is 12.3. The fourth-order valence-electron chi connectivity index (χ4n) is 2.26. The van der Waals surface area contributed by atoms with Gasteiger partial charge >= 0.3 is 0 Å². The Balaban J connectivity index is 1.66. The Morgan fingerprint density at radius 2 is 1.96 bits per heavy atom. The lowest BCUT2D eigenvalue weighted by Crippen LogP contribution is -2.41. The largest absolute Gasteiger partial charge is 0.472 e. The fourth-order valence-corrected chi connectivity index (χ4v) is 3.23. The van der Waals surface area contributed by atoms with E-state index in [1.165, 1.54) is 29.9 Å². The van der Waals surface area contributed by atoms with Gasteiger partial charge in [-0.2, -0.15) is 0 Å². The van der Waals surface area contributed by atoms with Crippen LogP contribution in [0.2, 0.25) is 0 Å². The van der Waals surface area contributed by atoms with Crippen molar-refractivity contribution in [3.05, 3.63) is 60.2 Å². The summed E-state index contributed by atoms with van der Waals surface area (Å²) in [6.07, 6.45) is 2.74. The van der Waals surface area contributed by atoms with Crippen LogP contribution >= 0.6 is 11.3 Å². The van der Waals surface area contributed by atoms with Gasteiger partial charge in [-0.25, -0.2) is 4.98 Å². The number of nitrogens with one attached hydrogen (secondary N) is 2. The molecule has 2 N–H and O–H groups in total. The molecule has 128 valence electrons. The summed E-state index contributed by atoms with van der Waals surface area (Å²) >= 11 is 1.40. The number of nitrogens with zero attached hydrogens (tertiary/aromatic N) is 1. The van der Waals surface area contributed by atoms with Gasteiger partial charge < -0.3 is 15.1 Å². The van der Waals surface area contributed by atoms with Crippen molar-refractivity contribution >= 4 is 28.3 Å². The molecule has 0 saturated heterocycles. The molecule has 25 heavy (non-hydrogen) atoms. The van der Waals surface area contributed by atoms with Crippen molar-refractivity contribution in [1.82, 2.24) is 10.3 Å². The molecule has 6 nitrogen and oxygen atoms in total. The van der Waals surface area contributed by atoms with Crippen molar-refractivity contribution < 1.29 is 14.0 Å². The molecule has 0 saturated carbocycles. The van der Waals surface area contributed by atoms with Crippen LogP contribution in [0.5, 0.6) is 0 Å². The predicted octanol–water partition coefficient (Wildman–Crippen LogP) is 3.47. The summed E-state index contributed by atoms with van der Waals surface area (Å²) in [7, 11) is 0. The third-order valence-electron chi connectivity index (χ3n) is 3.59. The molecule has 0 bridgehead atoms. The third-order valence-corrected chi connectivity index (χ3v) is 4.71. The lowest BCUT2D eigenvalue weighted by atomic mass is 10.2. The molecule has 7 heteroatoms. The summed E-state index contributed by atoms with van der Waals surface area (Å²) < 4.78 is 4.86. The average molecular weight is 355 g/mol. The molecule has 1 aromatic carbocycles. The normalized spacial score (nSPS) is 11.8. The molecule has 0 spiro atoms. The number of aromatic nitrogens is 1. The number of benzene rings is 1. The molecule has 0 aliphatic heterocycles. The Bertz CT molecular complexity index is 872. The van der Waals surface area contributed by atoms with Gasteiger partial charge in [0.15, 0.2) is 5.13 Å². The lowest BCUT2D eigenvalue weighted by Gasteiger charge is -2.12. The van der Waals surface area contributed by atoms with E-state index in [2.05, 4.69) is 15.6 Å². The van der Waals surface area contributed by atoms with Crippen LogP contribution in [0.25, 0.3) is 10.4 Å². The van der Waals surface area contributed by atoms with Gasteiger partial charge in [0.1, 0.15) is 12.3 Å². The van der Waals surface area contributed by atoms with Crippen molar-refractivity contribution in [3.63, 3.8) is 0 Å². The number of thiazole rings is 1. The minimum atomic E-state index is -0.702. The molecule has 3 aromatic rings. The summed E-state index contributed by atoms with van der Waals surface area (Å²) in [5, 5.41) is 5.88. The van der Waals surface area contributed by atoms with Gasteiger partial charge in [0, 0.05) is 0 Å². The van der Waals surface area contributed by atoms with Crippen LogP contribution in [-0.4, -0.2) is 22.8 Å². The molecule has 0 unspecified atom stereocenters. The van der Waals surface area contributed by atoms with Gasteiger partial charge in [-0.1, -0.05) is 41.7 Å². The second-order valence-corrected chi connectivity index (χ2v) is 6.50. The maximum Gasteiger partial charge on any atom is 0.255 e. The van der Waals surface area contributed by atoms with E-state index in [0.29, 0.717) is 10.7 Å². The second kappa shape index (κ2) is 7.31. The molecule has 1 atom stereocenters. The lowest BCUT2D eigenvalue weighted by molar-refractivity contribution is -0.117. The smallest absolute Gasteiger partial charge is 0.255 e. The van der Waals surface area contributed by atoms with Gasteiger partial charge in [0.05, 0.1) is 22.4 Å². The van der Waals surface area contributed by atoms with Crippen molar-refractivity contribution in [2.75, 3.05) is 5.32 Å². The van der Waals surface area contributed by atoms with Crippen molar-refractivity contribution in [2.24, 2.45) is 0 Å². The molecule has 2 heterocycles. The van der Waals surface area contributed by atoms with Gasteiger partial charge in [-0.3, -0.25) is 9.59 Å². The molecule has 0 aliphatic rings. The molecule has 0 radical (unpaired) electrons. The molecular formula is C18H17N3O3S. The monoisotopic (exact) mass is 355 g/mol. The van der Waals surface area contributed by atoms with E-state index in [1.807, 2.05) is 37.3 Å². The topological polar surface area (TPSA) is 84.2 Å². The highest BCUT2D eigenvalue weighted by atomic mass is 32.1. The minimum absolute atomic E-state index is 0.329. The first-order valence-electron chi connectivity index (χ1n) is 7.71. The van der Waals surface area contributed by atoms with E-state index >= 15 is 0 Å². The summed E-state index contributed by atoms with van der Waals surface area (Å²) in [5.74, 6) is -0.693. The van der Waals surface area contributed by atoms with Crippen LogP contribution in [0, 0.1) is 6.92 Å².